The second-order valence-corrected chi connectivity index (χ2v) is 5.28. The molecule has 3 aromatic rings. The number of halogens is 1. The zero-order valence-corrected chi connectivity index (χ0v) is 13.0. The summed E-state index contributed by atoms with van der Waals surface area (Å²) < 4.78 is 14.4. The molecule has 0 saturated heterocycles. The van der Waals surface area contributed by atoms with E-state index in [-0.39, 0.29) is 11.5 Å². The lowest BCUT2D eigenvalue weighted by Gasteiger charge is -2.13. The summed E-state index contributed by atoms with van der Waals surface area (Å²) in [7, 11) is 0. The molecular weight excluding hydrogens is 325 g/mol. The average molecular weight is 339 g/mol. The number of hydrogen-bond donors (Lipinski definition) is 2. The highest BCUT2D eigenvalue weighted by atomic mass is 19.1. The molecule has 3 rings (SSSR count). The zero-order chi connectivity index (χ0) is 17.8. The van der Waals surface area contributed by atoms with E-state index in [2.05, 4.69) is 10.4 Å². The molecule has 0 aliphatic carbocycles. The summed E-state index contributed by atoms with van der Waals surface area (Å²) in [5.41, 5.74) is 1.10. The maximum atomic E-state index is 13.0. The minimum absolute atomic E-state index is 0.0616. The SMILES string of the molecule is O=C(NC(C(=O)O)c1ccccc1)c1ccn(-c2ccc(F)cc2)n1. The number of nitrogens with zero attached hydrogens (tertiary/aromatic N) is 2. The molecule has 0 bridgehead atoms. The molecule has 2 N–H and O–H groups in total. The molecule has 1 unspecified atom stereocenters. The van der Waals surface area contributed by atoms with Gasteiger partial charge in [-0.2, -0.15) is 5.10 Å². The van der Waals surface area contributed by atoms with Crippen LogP contribution in [0.15, 0.2) is 66.9 Å². The van der Waals surface area contributed by atoms with Gasteiger partial charge in [-0.05, 0) is 35.9 Å². The third kappa shape index (κ3) is 3.72. The van der Waals surface area contributed by atoms with E-state index in [0.29, 0.717) is 11.3 Å². The number of carboxylic acids is 1. The Kier molecular flexibility index (Phi) is 4.56. The van der Waals surface area contributed by atoms with E-state index >= 15 is 0 Å². The van der Waals surface area contributed by atoms with Crippen molar-refractivity contribution in [3.8, 4) is 5.69 Å². The van der Waals surface area contributed by atoms with Crippen LogP contribution >= 0.6 is 0 Å². The Morgan fingerprint density at radius 1 is 1.04 bits per heavy atom. The molecule has 2 aromatic carbocycles. The van der Waals surface area contributed by atoms with Gasteiger partial charge in [0.05, 0.1) is 5.69 Å². The summed E-state index contributed by atoms with van der Waals surface area (Å²) in [6.07, 6.45) is 1.54. The van der Waals surface area contributed by atoms with E-state index in [9.17, 15) is 19.1 Å². The van der Waals surface area contributed by atoms with Crippen LogP contribution in [0.3, 0.4) is 0 Å². The van der Waals surface area contributed by atoms with Gasteiger partial charge in [-0.1, -0.05) is 30.3 Å². The Hall–Kier alpha value is -3.48. The lowest BCUT2D eigenvalue weighted by molar-refractivity contribution is -0.139. The van der Waals surface area contributed by atoms with Crippen molar-refractivity contribution in [3.63, 3.8) is 0 Å². The molecule has 126 valence electrons. The monoisotopic (exact) mass is 339 g/mol. The Morgan fingerprint density at radius 3 is 2.36 bits per heavy atom. The number of benzene rings is 2. The van der Waals surface area contributed by atoms with E-state index in [4.69, 9.17) is 0 Å². The first kappa shape index (κ1) is 16.4. The minimum Gasteiger partial charge on any atom is -0.479 e. The molecule has 0 spiro atoms. The maximum Gasteiger partial charge on any atom is 0.330 e. The Bertz CT molecular complexity index is 891. The number of nitrogens with one attached hydrogen (secondary N) is 1. The fraction of sp³-hybridized carbons (Fsp3) is 0.0556. The summed E-state index contributed by atoms with van der Waals surface area (Å²) in [4.78, 5) is 23.8. The summed E-state index contributed by atoms with van der Waals surface area (Å²) >= 11 is 0. The first-order valence-electron chi connectivity index (χ1n) is 7.45. The van der Waals surface area contributed by atoms with Crippen LogP contribution in [0.2, 0.25) is 0 Å². The standard InChI is InChI=1S/C18H14FN3O3/c19-13-6-8-14(9-7-13)22-11-10-15(21-22)17(23)20-16(18(24)25)12-4-2-1-3-5-12/h1-11,16H,(H,20,23)(H,24,25). The predicted molar refractivity (Wildman–Crippen MR) is 87.8 cm³/mol. The van der Waals surface area contributed by atoms with Crippen LogP contribution in [0.1, 0.15) is 22.1 Å². The molecule has 0 aliphatic rings. The number of aromatic nitrogens is 2. The summed E-state index contributed by atoms with van der Waals surface area (Å²) in [6.45, 7) is 0. The number of carboxylic acid groups (broad SMARTS) is 1. The van der Waals surface area contributed by atoms with Gasteiger partial charge in [-0.15, -0.1) is 0 Å². The number of rotatable bonds is 5. The Balaban J connectivity index is 1.79. The van der Waals surface area contributed by atoms with Gasteiger partial charge in [-0.3, -0.25) is 4.79 Å². The van der Waals surface area contributed by atoms with Crippen LogP contribution in [-0.2, 0) is 4.79 Å². The van der Waals surface area contributed by atoms with Crippen molar-refractivity contribution in [3.05, 3.63) is 83.9 Å². The fourth-order valence-corrected chi connectivity index (χ4v) is 2.32. The largest absolute Gasteiger partial charge is 0.479 e. The van der Waals surface area contributed by atoms with Gasteiger partial charge >= 0.3 is 5.97 Å². The molecule has 6 nitrogen and oxygen atoms in total. The first-order valence-corrected chi connectivity index (χ1v) is 7.45. The molecule has 0 aliphatic heterocycles. The van der Waals surface area contributed by atoms with Crippen LogP contribution < -0.4 is 5.32 Å². The van der Waals surface area contributed by atoms with Crippen molar-refractivity contribution >= 4 is 11.9 Å². The van der Waals surface area contributed by atoms with Gasteiger partial charge in [0, 0.05) is 6.20 Å². The molecule has 25 heavy (non-hydrogen) atoms. The van der Waals surface area contributed by atoms with E-state index in [1.807, 2.05) is 0 Å². The van der Waals surface area contributed by atoms with Crippen LogP contribution in [0, 0.1) is 5.82 Å². The topological polar surface area (TPSA) is 84.2 Å². The summed E-state index contributed by atoms with van der Waals surface area (Å²) in [5.74, 6) is -2.16. The van der Waals surface area contributed by atoms with Gasteiger partial charge in [0.25, 0.3) is 5.91 Å². The third-order valence-corrected chi connectivity index (χ3v) is 3.57. The number of carbonyl (C=O) groups is 2. The van der Waals surface area contributed by atoms with Crippen molar-refractivity contribution in [2.45, 2.75) is 6.04 Å². The highest BCUT2D eigenvalue weighted by Gasteiger charge is 2.23. The number of amides is 1. The van der Waals surface area contributed by atoms with Crippen LogP contribution in [-0.4, -0.2) is 26.8 Å². The highest BCUT2D eigenvalue weighted by molar-refractivity contribution is 5.95. The molecule has 1 heterocycles. The van der Waals surface area contributed by atoms with Crippen LogP contribution in [0.4, 0.5) is 4.39 Å². The van der Waals surface area contributed by atoms with E-state index in [0.717, 1.165) is 0 Å². The summed E-state index contributed by atoms with van der Waals surface area (Å²) in [5, 5.41) is 15.9. The second-order valence-electron chi connectivity index (χ2n) is 5.28. The molecular formula is C18H14FN3O3. The smallest absolute Gasteiger partial charge is 0.330 e. The molecule has 1 atom stereocenters. The van der Waals surface area contributed by atoms with Gasteiger partial charge < -0.3 is 10.4 Å². The molecule has 1 aromatic heterocycles. The summed E-state index contributed by atoms with van der Waals surface area (Å²) in [6, 6.07) is 14.3. The minimum atomic E-state index is -1.18. The Labute approximate surface area is 142 Å². The van der Waals surface area contributed by atoms with Crippen molar-refractivity contribution in [2.75, 3.05) is 0 Å². The molecule has 0 saturated carbocycles. The fourth-order valence-electron chi connectivity index (χ4n) is 2.32. The van der Waals surface area contributed by atoms with Crippen molar-refractivity contribution in [1.29, 1.82) is 0 Å². The van der Waals surface area contributed by atoms with Crippen LogP contribution in [0.5, 0.6) is 0 Å². The third-order valence-electron chi connectivity index (χ3n) is 3.57. The lowest BCUT2D eigenvalue weighted by Crippen LogP contribution is -2.34. The molecule has 0 radical (unpaired) electrons. The first-order chi connectivity index (χ1) is 12.0. The van der Waals surface area contributed by atoms with Crippen molar-refractivity contribution < 1.29 is 19.1 Å². The molecule has 0 fully saturated rings. The van der Waals surface area contributed by atoms with Gasteiger partial charge in [-0.25, -0.2) is 13.9 Å². The number of hydrogen-bond acceptors (Lipinski definition) is 3. The van der Waals surface area contributed by atoms with Gasteiger partial charge in [0.2, 0.25) is 0 Å². The predicted octanol–water partition coefficient (Wildman–Crippen LogP) is 2.57. The zero-order valence-electron chi connectivity index (χ0n) is 13.0. The maximum absolute atomic E-state index is 13.0. The normalized spacial score (nSPS) is 11.7. The Morgan fingerprint density at radius 2 is 1.72 bits per heavy atom. The van der Waals surface area contributed by atoms with Crippen molar-refractivity contribution in [2.24, 2.45) is 0 Å². The second kappa shape index (κ2) is 6.96. The molecule has 1 amide bonds. The van der Waals surface area contributed by atoms with E-state index < -0.39 is 17.9 Å². The van der Waals surface area contributed by atoms with Crippen molar-refractivity contribution in [1.82, 2.24) is 15.1 Å². The van der Waals surface area contributed by atoms with E-state index in [1.54, 1.807) is 36.5 Å². The van der Waals surface area contributed by atoms with Gasteiger partial charge in [0.15, 0.2) is 11.7 Å². The quantitative estimate of drug-likeness (QED) is 0.748. The van der Waals surface area contributed by atoms with Crippen LogP contribution in [0.25, 0.3) is 5.69 Å². The van der Waals surface area contributed by atoms with E-state index in [1.165, 1.54) is 35.0 Å². The number of aliphatic carboxylic acids is 1. The number of carbonyl (C=O) groups excluding carboxylic acids is 1. The average Bonchev–Trinajstić information content (AvgIpc) is 3.11. The van der Waals surface area contributed by atoms with Gasteiger partial charge in [0.1, 0.15) is 5.82 Å². The molecule has 7 heteroatoms. The lowest BCUT2D eigenvalue weighted by atomic mass is 10.1. The highest BCUT2D eigenvalue weighted by Crippen LogP contribution is 2.14.